The van der Waals surface area contributed by atoms with E-state index in [4.69, 9.17) is 10.00 Å². The minimum atomic E-state index is -0.936. The van der Waals surface area contributed by atoms with Crippen LogP contribution in [-0.4, -0.2) is 21.7 Å². The van der Waals surface area contributed by atoms with Crippen LogP contribution in [0.15, 0.2) is 48.7 Å². The van der Waals surface area contributed by atoms with Gasteiger partial charge in [0.1, 0.15) is 5.82 Å². The van der Waals surface area contributed by atoms with Gasteiger partial charge in [-0.05, 0) is 74.4 Å². The molecule has 1 unspecified atom stereocenters. The van der Waals surface area contributed by atoms with Crippen molar-refractivity contribution in [2.45, 2.75) is 27.1 Å². The Morgan fingerprint density at radius 3 is 2.41 bits per heavy atom. The number of hydrogen-bond acceptors (Lipinski definition) is 7. The third-order valence-corrected chi connectivity index (χ3v) is 4.34. The molecule has 2 aromatic carbocycles. The number of aliphatic hydroxyl groups excluding tert-OH is 1. The number of nitriles is 1. The lowest BCUT2D eigenvalue weighted by Crippen LogP contribution is -2.06. The molecule has 3 rings (SSSR count). The average Bonchev–Trinajstić information content (AvgIpc) is 2.71. The molecule has 0 bridgehead atoms. The molecule has 1 aromatic heterocycles. The Hall–Kier alpha value is -3.47. The van der Waals surface area contributed by atoms with Crippen LogP contribution in [0.3, 0.4) is 0 Å². The lowest BCUT2D eigenvalue weighted by atomic mass is 10.0. The number of anilines is 4. The van der Waals surface area contributed by atoms with Crippen molar-refractivity contribution in [1.82, 2.24) is 9.97 Å². The smallest absolute Gasteiger partial charge is 0.229 e. The van der Waals surface area contributed by atoms with Crippen molar-refractivity contribution < 1.29 is 9.84 Å². The quantitative estimate of drug-likeness (QED) is 0.512. The summed E-state index contributed by atoms with van der Waals surface area (Å²) in [6, 6.07) is 14.7. The van der Waals surface area contributed by atoms with Crippen LogP contribution >= 0.6 is 0 Å². The average molecular weight is 389 g/mol. The summed E-state index contributed by atoms with van der Waals surface area (Å²) >= 11 is 0. The van der Waals surface area contributed by atoms with Crippen molar-refractivity contribution in [1.29, 1.82) is 5.26 Å². The van der Waals surface area contributed by atoms with Crippen LogP contribution < -0.4 is 10.6 Å². The van der Waals surface area contributed by atoms with E-state index in [0.717, 1.165) is 28.1 Å². The van der Waals surface area contributed by atoms with Crippen LogP contribution in [0.2, 0.25) is 0 Å². The molecule has 0 aliphatic carbocycles. The van der Waals surface area contributed by atoms with Gasteiger partial charge in [0.15, 0.2) is 6.29 Å². The van der Waals surface area contributed by atoms with Gasteiger partial charge in [-0.25, -0.2) is 4.98 Å². The zero-order valence-electron chi connectivity index (χ0n) is 16.6. The van der Waals surface area contributed by atoms with Crippen LogP contribution in [-0.2, 0) is 4.74 Å². The van der Waals surface area contributed by atoms with E-state index in [1.54, 1.807) is 36.5 Å². The minimum Gasteiger partial charge on any atom is -0.364 e. The maximum atomic E-state index is 10.1. The Morgan fingerprint density at radius 2 is 1.79 bits per heavy atom. The first kappa shape index (κ1) is 20.3. The molecule has 0 saturated carbocycles. The molecule has 3 aromatic rings. The normalized spacial score (nSPS) is 11.6. The second-order valence-electron chi connectivity index (χ2n) is 6.54. The molecule has 1 heterocycles. The van der Waals surface area contributed by atoms with Gasteiger partial charge in [0, 0.05) is 29.7 Å². The number of benzene rings is 2. The van der Waals surface area contributed by atoms with Gasteiger partial charge < -0.3 is 20.5 Å². The molecule has 0 amide bonds. The second-order valence-corrected chi connectivity index (χ2v) is 6.54. The number of nitrogens with one attached hydrogen (secondary N) is 2. The highest BCUT2D eigenvalue weighted by Gasteiger charge is 2.12. The minimum absolute atomic E-state index is 0.440. The molecule has 1 atom stereocenters. The molecule has 0 fully saturated rings. The SMILES string of the molecule is CCOC(O)c1cc(C)c(Nc2ccnc(Nc3ccc(C#N)cc3)n2)c(C)c1. The molecule has 7 nitrogen and oxygen atoms in total. The van der Waals surface area contributed by atoms with E-state index >= 15 is 0 Å². The van der Waals surface area contributed by atoms with Gasteiger partial charge in [-0.15, -0.1) is 0 Å². The molecule has 0 spiro atoms. The molecule has 148 valence electrons. The van der Waals surface area contributed by atoms with Crippen LogP contribution in [0, 0.1) is 25.2 Å². The van der Waals surface area contributed by atoms with Crippen LogP contribution in [0.25, 0.3) is 0 Å². The lowest BCUT2D eigenvalue weighted by molar-refractivity contribution is -0.0980. The lowest BCUT2D eigenvalue weighted by Gasteiger charge is -2.17. The molecule has 0 saturated heterocycles. The molecule has 29 heavy (non-hydrogen) atoms. The molecule has 3 N–H and O–H groups in total. The maximum absolute atomic E-state index is 10.1. The van der Waals surface area contributed by atoms with Gasteiger partial charge in [0.25, 0.3) is 0 Å². The highest BCUT2D eigenvalue weighted by molar-refractivity contribution is 5.66. The standard InChI is InChI=1S/C22H23N5O2/c1-4-29-21(28)17-11-14(2)20(15(3)12-17)26-19-9-10-24-22(27-19)25-18-7-5-16(13-23)6-8-18/h5-12,21,28H,4H2,1-3H3,(H2,24,25,26,27). The van der Waals surface area contributed by atoms with E-state index in [1.807, 2.05) is 32.9 Å². The fraction of sp³-hybridized carbons (Fsp3) is 0.227. The van der Waals surface area contributed by atoms with E-state index in [0.29, 0.717) is 23.9 Å². The Morgan fingerprint density at radius 1 is 1.10 bits per heavy atom. The fourth-order valence-corrected chi connectivity index (χ4v) is 2.96. The molecular formula is C22H23N5O2. The Bertz CT molecular complexity index is 1010. The second kappa shape index (κ2) is 9.15. The number of aliphatic hydroxyl groups is 1. The summed E-state index contributed by atoms with van der Waals surface area (Å²) in [6.45, 7) is 6.22. The van der Waals surface area contributed by atoms with E-state index in [2.05, 4.69) is 26.7 Å². The summed E-state index contributed by atoms with van der Waals surface area (Å²) < 4.78 is 5.27. The molecule has 0 radical (unpaired) electrons. The monoisotopic (exact) mass is 389 g/mol. The van der Waals surface area contributed by atoms with Crippen molar-refractivity contribution in [3.63, 3.8) is 0 Å². The Balaban J connectivity index is 1.78. The molecular weight excluding hydrogens is 366 g/mol. The van der Waals surface area contributed by atoms with E-state index in [9.17, 15) is 5.11 Å². The summed E-state index contributed by atoms with van der Waals surface area (Å²) in [7, 11) is 0. The van der Waals surface area contributed by atoms with E-state index in [1.165, 1.54) is 0 Å². The summed E-state index contributed by atoms with van der Waals surface area (Å²) in [5.41, 5.74) is 4.97. The number of aryl methyl sites for hydroxylation is 2. The van der Waals surface area contributed by atoms with Crippen molar-refractivity contribution >= 4 is 23.1 Å². The van der Waals surface area contributed by atoms with Gasteiger partial charge in [0.05, 0.1) is 11.6 Å². The van der Waals surface area contributed by atoms with Crippen molar-refractivity contribution in [2.75, 3.05) is 17.2 Å². The summed E-state index contributed by atoms with van der Waals surface area (Å²) in [5.74, 6) is 1.08. The number of aromatic nitrogens is 2. The van der Waals surface area contributed by atoms with Gasteiger partial charge in [-0.2, -0.15) is 10.2 Å². The van der Waals surface area contributed by atoms with Crippen LogP contribution in [0.5, 0.6) is 0 Å². The Kier molecular flexibility index (Phi) is 6.39. The molecule has 0 aliphatic heterocycles. The highest BCUT2D eigenvalue weighted by Crippen LogP contribution is 2.28. The van der Waals surface area contributed by atoms with E-state index in [-0.39, 0.29) is 0 Å². The van der Waals surface area contributed by atoms with Crippen molar-refractivity contribution in [3.8, 4) is 6.07 Å². The number of nitrogens with zero attached hydrogens (tertiary/aromatic N) is 3. The third kappa shape index (κ3) is 5.08. The van der Waals surface area contributed by atoms with Gasteiger partial charge in [0.2, 0.25) is 5.95 Å². The summed E-state index contributed by atoms with van der Waals surface area (Å²) in [5, 5.41) is 25.4. The van der Waals surface area contributed by atoms with Crippen LogP contribution in [0.4, 0.5) is 23.1 Å². The predicted molar refractivity (Wildman–Crippen MR) is 112 cm³/mol. The topological polar surface area (TPSA) is 103 Å². The van der Waals surface area contributed by atoms with Gasteiger partial charge >= 0.3 is 0 Å². The van der Waals surface area contributed by atoms with Crippen LogP contribution in [0.1, 0.15) is 35.5 Å². The van der Waals surface area contributed by atoms with Crippen molar-refractivity contribution in [3.05, 3.63) is 70.9 Å². The highest BCUT2D eigenvalue weighted by atomic mass is 16.6. The van der Waals surface area contributed by atoms with E-state index < -0.39 is 6.29 Å². The summed E-state index contributed by atoms with van der Waals surface area (Å²) in [4.78, 5) is 8.75. The number of ether oxygens (including phenoxy) is 1. The molecule has 0 aliphatic rings. The zero-order chi connectivity index (χ0) is 20.8. The van der Waals surface area contributed by atoms with Gasteiger partial charge in [-0.1, -0.05) is 0 Å². The van der Waals surface area contributed by atoms with Crippen molar-refractivity contribution in [2.24, 2.45) is 0 Å². The molecule has 7 heteroatoms. The third-order valence-electron chi connectivity index (χ3n) is 4.34. The fourth-order valence-electron chi connectivity index (χ4n) is 2.96. The zero-order valence-corrected chi connectivity index (χ0v) is 16.6. The summed E-state index contributed by atoms with van der Waals surface area (Å²) in [6.07, 6.45) is 0.729. The largest absolute Gasteiger partial charge is 0.364 e. The first-order valence-corrected chi connectivity index (χ1v) is 9.28. The first-order chi connectivity index (χ1) is 14.0. The number of rotatable bonds is 7. The van der Waals surface area contributed by atoms with Gasteiger partial charge in [-0.3, -0.25) is 0 Å². The number of hydrogen-bond donors (Lipinski definition) is 3. The first-order valence-electron chi connectivity index (χ1n) is 9.28. The maximum Gasteiger partial charge on any atom is 0.229 e. The predicted octanol–water partition coefficient (Wildman–Crippen LogP) is 4.48. The Labute approximate surface area is 170 Å².